The zero-order valence-electron chi connectivity index (χ0n) is 19.0. The molecule has 5 aliphatic rings. The van der Waals surface area contributed by atoms with Crippen molar-refractivity contribution in [2.75, 3.05) is 19.7 Å². The normalized spacial score (nSPS) is 32.2. The molecular formula is C26H36N2O3. The van der Waals surface area contributed by atoms with Crippen molar-refractivity contribution in [3.63, 3.8) is 0 Å². The van der Waals surface area contributed by atoms with Crippen LogP contribution in [-0.4, -0.2) is 42.5 Å². The van der Waals surface area contributed by atoms with E-state index in [0.29, 0.717) is 19.0 Å². The predicted molar refractivity (Wildman–Crippen MR) is 120 cm³/mol. The highest BCUT2D eigenvalue weighted by Gasteiger charge is 2.54. The number of nitrogens with one attached hydrogen (secondary N) is 1. The second kappa shape index (κ2) is 8.14. The van der Waals surface area contributed by atoms with E-state index in [1.807, 2.05) is 36.9 Å². The van der Waals surface area contributed by atoms with Crippen LogP contribution in [0.15, 0.2) is 18.2 Å². The standard InChI is InChI=1S/C26H36N2O3/c1-17-4-3-5-23(18(17)2)31-16-24(29)28-8-6-22(7-9-28)27-25(30)26-13-19-10-20(14-26)12-21(11-19)15-26/h3-5,19-22H,6-16H2,1-2H3,(H,27,30). The minimum atomic E-state index is -0.0821. The zero-order chi connectivity index (χ0) is 21.6. The fraction of sp³-hybridized carbons (Fsp3) is 0.692. The van der Waals surface area contributed by atoms with Gasteiger partial charge in [0.15, 0.2) is 6.61 Å². The first-order valence-corrected chi connectivity index (χ1v) is 12.2. The Morgan fingerprint density at radius 1 is 1.03 bits per heavy atom. The molecule has 4 saturated carbocycles. The number of likely N-dealkylation sites (tertiary alicyclic amines) is 1. The summed E-state index contributed by atoms with van der Waals surface area (Å²) in [6.45, 7) is 5.54. The van der Waals surface area contributed by atoms with Crippen molar-refractivity contribution in [3.05, 3.63) is 29.3 Å². The summed E-state index contributed by atoms with van der Waals surface area (Å²) in [5.74, 6) is 3.49. The Labute approximate surface area is 185 Å². The Morgan fingerprint density at radius 3 is 2.26 bits per heavy atom. The molecule has 0 atom stereocenters. The van der Waals surface area contributed by atoms with Crippen LogP contribution >= 0.6 is 0 Å². The van der Waals surface area contributed by atoms with Gasteiger partial charge < -0.3 is 15.0 Å². The van der Waals surface area contributed by atoms with Crippen LogP contribution in [0.4, 0.5) is 0 Å². The first-order chi connectivity index (χ1) is 14.9. The van der Waals surface area contributed by atoms with Crippen molar-refractivity contribution in [3.8, 4) is 5.75 Å². The Bertz CT molecular complexity index is 821. The first-order valence-electron chi connectivity index (χ1n) is 12.2. The maximum atomic E-state index is 13.3. The number of benzene rings is 1. The molecule has 0 unspecified atom stereocenters. The topological polar surface area (TPSA) is 58.6 Å². The van der Waals surface area contributed by atoms with E-state index in [2.05, 4.69) is 5.32 Å². The zero-order valence-corrected chi connectivity index (χ0v) is 19.0. The molecule has 6 rings (SSSR count). The van der Waals surface area contributed by atoms with E-state index >= 15 is 0 Å². The Kier molecular flexibility index (Phi) is 5.47. The average Bonchev–Trinajstić information content (AvgIpc) is 2.74. The lowest BCUT2D eigenvalue weighted by atomic mass is 9.49. The lowest BCUT2D eigenvalue weighted by Gasteiger charge is -2.56. The van der Waals surface area contributed by atoms with Gasteiger partial charge in [0.05, 0.1) is 0 Å². The largest absolute Gasteiger partial charge is 0.483 e. The number of carbonyl (C=O) groups is 2. The fourth-order valence-corrected chi connectivity index (χ4v) is 7.11. The van der Waals surface area contributed by atoms with Gasteiger partial charge in [0.25, 0.3) is 5.91 Å². The summed E-state index contributed by atoms with van der Waals surface area (Å²) in [6.07, 6.45) is 9.08. The molecule has 5 heteroatoms. The molecule has 0 radical (unpaired) electrons. The summed E-state index contributed by atoms with van der Waals surface area (Å²) in [6, 6.07) is 6.12. The molecule has 1 N–H and O–H groups in total. The van der Waals surface area contributed by atoms with E-state index in [-0.39, 0.29) is 24.0 Å². The van der Waals surface area contributed by atoms with Crippen molar-refractivity contribution in [1.29, 1.82) is 0 Å². The van der Waals surface area contributed by atoms with E-state index in [9.17, 15) is 9.59 Å². The number of amides is 2. The van der Waals surface area contributed by atoms with Crippen LogP contribution in [0.5, 0.6) is 5.75 Å². The van der Waals surface area contributed by atoms with E-state index in [1.54, 1.807) is 0 Å². The summed E-state index contributed by atoms with van der Waals surface area (Å²) in [5, 5.41) is 3.40. The molecule has 1 aromatic carbocycles. The van der Waals surface area contributed by atoms with Gasteiger partial charge in [-0.15, -0.1) is 0 Å². The third-order valence-corrected chi connectivity index (χ3v) is 8.61. The highest BCUT2D eigenvalue weighted by atomic mass is 16.5. The molecule has 1 aliphatic heterocycles. The van der Waals surface area contributed by atoms with Gasteiger partial charge in [0.2, 0.25) is 5.91 Å². The Balaban J connectivity index is 1.10. The number of piperidine rings is 1. The Morgan fingerprint density at radius 2 is 1.65 bits per heavy atom. The molecule has 5 fully saturated rings. The number of carbonyl (C=O) groups excluding carboxylic acids is 2. The average molecular weight is 425 g/mol. The predicted octanol–water partition coefficient (Wildman–Crippen LogP) is 4.01. The molecule has 4 aliphatic carbocycles. The number of hydrogen-bond donors (Lipinski definition) is 1. The first kappa shape index (κ1) is 20.8. The summed E-state index contributed by atoms with van der Waals surface area (Å²) in [4.78, 5) is 27.8. The van der Waals surface area contributed by atoms with Gasteiger partial charge in [0.1, 0.15) is 5.75 Å². The molecular weight excluding hydrogens is 388 g/mol. The maximum absolute atomic E-state index is 13.3. The second-order valence-electron chi connectivity index (χ2n) is 10.8. The van der Waals surface area contributed by atoms with Crippen molar-refractivity contribution in [2.24, 2.45) is 23.2 Å². The highest BCUT2D eigenvalue weighted by Crippen LogP contribution is 2.60. The minimum Gasteiger partial charge on any atom is -0.483 e. The van der Waals surface area contributed by atoms with Crippen molar-refractivity contribution in [2.45, 2.75) is 71.3 Å². The molecule has 0 aromatic heterocycles. The molecule has 31 heavy (non-hydrogen) atoms. The molecule has 168 valence electrons. The molecule has 1 heterocycles. The smallest absolute Gasteiger partial charge is 0.260 e. The van der Waals surface area contributed by atoms with Gasteiger partial charge in [-0.2, -0.15) is 0 Å². The maximum Gasteiger partial charge on any atom is 0.260 e. The third kappa shape index (κ3) is 4.08. The number of ether oxygens (including phenoxy) is 1. The highest BCUT2D eigenvalue weighted by molar-refractivity contribution is 5.83. The summed E-state index contributed by atoms with van der Waals surface area (Å²) < 4.78 is 5.80. The summed E-state index contributed by atoms with van der Waals surface area (Å²) in [5.41, 5.74) is 2.17. The van der Waals surface area contributed by atoms with Crippen LogP contribution in [0.25, 0.3) is 0 Å². The number of rotatable bonds is 5. The van der Waals surface area contributed by atoms with Crippen LogP contribution in [-0.2, 0) is 9.59 Å². The SMILES string of the molecule is Cc1cccc(OCC(=O)N2CCC(NC(=O)C34CC5CC(CC(C5)C3)C4)CC2)c1C. The monoisotopic (exact) mass is 424 g/mol. The molecule has 0 spiro atoms. The van der Waals surface area contributed by atoms with Crippen LogP contribution in [0.3, 0.4) is 0 Å². The van der Waals surface area contributed by atoms with Gasteiger partial charge in [-0.25, -0.2) is 0 Å². The third-order valence-electron chi connectivity index (χ3n) is 8.61. The van der Waals surface area contributed by atoms with Gasteiger partial charge in [-0.05, 0) is 100 Å². The van der Waals surface area contributed by atoms with Crippen LogP contribution < -0.4 is 10.1 Å². The second-order valence-corrected chi connectivity index (χ2v) is 10.8. The van der Waals surface area contributed by atoms with Crippen LogP contribution in [0.1, 0.15) is 62.5 Å². The lowest BCUT2D eigenvalue weighted by molar-refractivity contribution is -0.147. The van der Waals surface area contributed by atoms with E-state index in [4.69, 9.17) is 4.74 Å². The van der Waals surface area contributed by atoms with Crippen LogP contribution in [0.2, 0.25) is 0 Å². The van der Waals surface area contributed by atoms with Gasteiger partial charge >= 0.3 is 0 Å². The van der Waals surface area contributed by atoms with Crippen molar-refractivity contribution >= 4 is 11.8 Å². The molecule has 1 saturated heterocycles. The molecule has 5 nitrogen and oxygen atoms in total. The Hall–Kier alpha value is -2.04. The van der Waals surface area contributed by atoms with Gasteiger partial charge in [-0.3, -0.25) is 9.59 Å². The molecule has 4 bridgehead atoms. The fourth-order valence-electron chi connectivity index (χ4n) is 7.11. The molecule has 1 aromatic rings. The summed E-state index contributed by atoms with van der Waals surface area (Å²) in [7, 11) is 0. The van der Waals surface area contributed by atoms with Crippen molar-refractivity contribution < 1.29 is 14.3 Å². The number of aryl methyl sites for hydroxylation is 1. The minimum absolute atomic E-state index is 0.0340. The van der Waals surface area contributed by atoms with Crippen molar-refractivity contribution in [1.82, 2.24) is 10.2 Å². The molecule has 2 amide bonds. The lowest BCUT2D eigenvalue weighted by Crippen LogP contribution is -2.56. The number of hydrogen-bond acceptors (Lipinski definition) is 3. The van der Waals surface area contributed by atoms with Crippen LogP contribution in [0, 0.1) is 37.0 Å². The quantitative estimate of drug-likeness (QED) is 0.777. The van der Waals surface area contributed by atoms with E-state index < -0.39 is 0 Å². The number of nitrogens with zero attached hydrogens (tertiary/aromatic N) is 1. The van der Waals surface area contributed by atoms with Gasteiger partial charge in [0, 0.05) is 24.5 Å². The van der Waals surface area contributed by atoms with E-state index in [0.717, 1.165) is 61.2 Å². The van der Waals surface area contributed by atoms with Gasteiger partial charge in [-0.1, -0.05) is 12.1 Å². The van der Waals surface area contributed by atoms with E-state index in [1.165, 1.54) is 24.8 Å². The summed E-state index contributed by atoms with van der Waals surface area (Å²) >= 11 is 0.